The number of halogens is 1. The molecule has 1 aromatic rings. The standard InChI is InChI=1S/C10H10FNO3/c1-5-9(10(13)14)15-7-4-2-3-6(11)8(7)12-5/h2-5,9,12H,1H3,(H,13,14). The quantitative estimate of drug-likeness (QED) is 0.738. The number of carbonyl (C=O) groups is 1. The molecule has 0 fully saturated rings. The molecule has 1 aromatic carbocycles. The van der Waals surface area contributed by atoms with Crippen molar-refractivity contribution in [2.24, 2.45) is 0 Å². The Labute approximate surface area is 85.7 Å². The highest BCUT2D eigenvalue weighted by molar-refractivity contribution is 5.76. The van der Waals surface area contributed by atoms with E-state index in [9.17, 15) is 9.18 Å². The Morgan fingerprint density at radius 1 is 1.60 bits per heavy atom. The van der Waals surface area contributed by atoms with Crippen molar-refractivity contribution >= 4 is 11.7 Å². The Kier molecular flexibility index (Phi) is 2.22. The largest absolute Gasteiger partial charge is 0.478 e. The molecule has 4 nitrogen and oxygen atoms in total. The first kappa shape index (κ1) is 9.76. The third-order valence-electron chi connectivity index (χ3n) is 2.30. The maximum atomic E-state index is 13.3. The van der Waals surface area contributed by atoms with Crippen molar-refractivity contribution in [1.82, 2.24) is 0 Å². The molecule has 0 bridgehead atoms. The Hall–Kier alpha value is -1.78. The highest BCUT2D eigenvalue weighted by Gasteiger charge is 2.33. The second-order valence-electron chi connectivity index (χ2n) is 3.42. The lowest BCUT2D eigenvalue weighted by Crippen LogP contribution is -2.45. The summed E-state index contributed by atoms with van der Waals surface area (Å²) in [5.41, 5.74) is 0.225. The Bertz CT molecular complexity index is 408. The van der Waals surface area contributed by atoms with Crippen molar-refractivity contribution in [3.05, 3.63) is 24.0 Å². The summed E-state index contributed by atoms with van der Waals surface area (Å²) in [6.07, 6.45) is -0.987. The van der Waals surface area contributed by atoms with Crippen LogP contribution in [0.25, 0.3) is 0 Å². The van der Waals surface area contributed by atoms with E-state index in [-0.39, 0.29) is 11.4 Å². The number of hydrogen-bond acceptors (Lipinski definition) is 3. The van der Waals surface area contributed by atoms with Crippen LogP contribution in [0.2, 0.25) is 0 Å². The van der Waals surface area contributed by atoms with Crippen LogP contribution >= 0.6 is 0 Å². The molecule has 0 amide bonds. The minimum Gasteiger partial charge on any atom is -0.478 e. The van der Waals surface area contributed by atoms with Gasteiger partial charge in [-0.15, -0.1) is 0 Å². The second kappa shape index (κ2) is 3.42. The molecule has 2 N–H and O–H groups in total. The summed E-state index contributed by atoms with van der Waals surface area (Å²) in [5.74, 6) is -1.27. The van der Waals surface area contributed by atoms with E-state index in [2.05, 4.69) is 5.32 Å². The predicted molar refractivity (Wildman–Crippen MR) is 51.5 cm³/mol. The summed E-state index contributed by atoms with van der Waals surface area (Å²) in [4.78, 5) is 10.8. The van der Waals surface area contributed by atoms with Gasteiger partial charge in [-0.25, -0.2) is 9.18 Å². The van der Waals surface area contributed by atoms with Gasteiger partial charge in [0.05, 0.1) is 6.04 Å². The summed E-state index contributed by atoms with van der Waals surface area (Å²) in [6.45, 7) is 1.63. The number of para-hydroxylation sites is 1. The van der Waals surface area contributed by atoms with Crippen LogP contribution in [-0.4, -0.2) is 23.2 Å². The van der Waals surface area contributed by atoms with Crippen LogP contribution in [0, 0.1) is 5.82 Å². The summed E-state index contributed by atoms with van der Waals surface area (Å²) in [6, 6.07) is 3.84. The average Bonchev–Trinajstić information content (AvgIpc) is 2.18. The zero-order valence-corrected chi connectivity index (χ0v) is 8.03. The highest BCUT2D eigenvalue weighted by atomic mass is 19.1. The van der Waals surface area contributed by atoms with E-state index in [0.29, 0.717) is 0 Å². The molecule has 15 heavy (non-hydrogen) atoms. The van der Waals surface area contributed by atoms with Gasteiger partial charge in [-0.05, 0) is 19.1 Å². The number of fused-ring (bicyclic) bond motifs is 1. The molecule has 2 unspecified atom stereocenters. The van der Waals surface area contributed by atoms with Crippen molar-refractivity contribution < 1.29 is 19.0 Å². The van der Waals surface area contributed by atoms with E-state index < -0.39 is 23.9 Å². The maximum absolute atomic E-state index is 13.3. The average molecular weight is 211 g/mol. The third kappa shape index (κ3) is 1.60. The molecule has 2 atom stereocenters. The smallest absolute Gasteiger partial charge is 0.347 e. The first-order valence-electron chi connectivity index (χ1n) is 4.54. The van der Waals surface area contributed by atoms with Crippen molar-refractivity contribution in [2.75, 3.05) is 5.32 Å². The number of hydrogen-bond donors (Lipinski definition) is 2. The van der Waals surface area contributed by atoms with E-state index in [1.54, 1.807) is 6.92 Å². The normalized spacial score (nSPS) is 23.6. The summed E-state index contributed by atoms with van der Waals surface area (Å²) in [5, 5.41) is 11.6. The highest BCUT2D eigenvalue weighted by Crippen LogP contribution is 2.33. The van der Waals surface area contributed by atoms with Gasteiger partial charge in [-0.1, -0.05) is 6.07 Å². The number of aliphatic carboxylic acids is 1. The van der Waals surface area contributed by atoms with Gasteiger partial charge in [0.2, 0.25) is 6.10 Å². The van der Waals surface area contributed by atoms with E-state index >= 15 is 0 Å². The summed E-state index contributed by atoms with van der Waals surface area (Å²) < 4.78 is 18.5. The van der Waals surface area contributed by atoms with E-state index in [0.717, 1.165) is 0 Å². The Balaban J connectivity index is 2.38. The molecule has 0 saturated heterocycles. The molecule has 0 radical (unpaired) electrons. The van der Waals surface area contributed by atoms with E-state index in [4.69, 9.17) is 9.84 Å². The Morgan fingerprint density at radius 2 is 2.33 bits per heavy atom. The van der Waals surface area contributed by atoms with Crippen molar-refractivity contribution in [2.45, 2.75) is 19.1 Å². The second-order valence-corrected chi connectivity index (χ2v) is 3.42. The molecule has 0 spiro atoms. The first-order chi connectivity index (χ1) is 7.09. The predicted octanol–water partition coefficient (Wildman–Crippen LogP) is 1.47. The fourth-order valence-corrected chi connectivity index (χ4v) is 1.55. The summed E-state index contributed by atoms with van der Waals surface area (Å²) in [7, 11) is 0. The van der Waals surface area contributed by atoms with E-state index in [1.165, 1.54) is 18.2 Å². The van der Waals surface area contributed by atoms with Gasteiger partial charge in [0, 0.05) is 0 Å². The van der Waals surface area contributed by atoms with Crippen LogP contribution in [0.5, 0.6) is 5.75 Å². The Morgan fingerprint density at radius 3 is 3.00 bits per heavy atom. The van der Waals surface area contributed by atoms with Crippen LogP contribution in [0.3, 0.4) is 0 Å². The minimum atomic E-state index is -1.06. The third-order valence-corrected chi connectivity index (χ3v) is 2.30. The number of ether oxygens (including phenoxy) is 1. The molecule has 1 aliphatic heterocycles. The van der Waals surface area contributed by atoms with Gasteiger partial charge in [0.15, 0.2) is 0 Å². The van der Waals surface area contributed by atoms with Crippen LogP contribution in [0.15, 0.2) is 18.2 Å². The first-order valence-corrected chi connectivity index (χ1v) is 4.54. The molecule has 0 saturated carbocycles. The van der Waals surface area contributed by atoms with Gasteiger partial charge in [0.1, 0.15) is 17.3 Å². The van der Waals surface area contributed by atoms with Crippen molar-refractivity contribution in [3.63, 3.8) is 0 Å². The van der Waals surface area contributed by atoms with Gasteiger partial charge < -0.3 is 15.2 Å². The van der Waals surface area contributed by atoms with Crippen LogP contribution in [0.4, 0.5) is 10.1 Å². The number of carboxylic acid groups (broad SMARTS) is 1. The summed E-state index contributed by atoms with van der Waals surface area (Å²) >= 11 is 0. The molecule has 0 aromatic heterocycles. The lowest BCUT2D eigenvalue weighted by Gasteiger charge is -2.30. The zero-order valence-electron chi connectivity index (χ0n) is 8.03. The van der Waals surface area contributed by atoms with Gasteiger partial charge >= 0.3 is 5.97 Å². The van der Waals surface area contributed by atoms with Gasteiger partial charge in [-0.2, -0.15) is 0 Å². The fraction of sp³-hybridized carbons (Fsp3) is 0.300. The molecule has 5 heteroatoms. The van der Waals surface area contributed by atoms with Crippen LogP contribution in [0.1, 0.15) is 6.92 Å². The molecule has 1 aliphatic rings. The lowest BCUT2D eigenvalue weighted by atomic mass is 10.1. The van der Waals surface area contributed by atoms with Gasteiger partial charge in [-0.3, -0.25) is 0 Å². The topological polar surface area (TPSA) is 58.6 Å². The molecule has 1 heterocycles. The zero-order chi connectivity index (χ0) is 11.0. The van der Waals surface area contributed by atoms with Crippen LogP contribution < -0.4 is 10.1 Å². The molecule has 2 rings (SSSR count). The monoisotopic (exact) mass is 211 g/mol. The number of nitrogens with one attached hydrogen (secondary N) is 1. The van der Waals surface area contributed by atoms with Gasteiger partial charge in [0.25, 0.3) is 0 Å². The minimum absolute atomic E-state index is 0.225. The number of rotatable bonds is 1. The lowest BCUT2D eigenvalue weighted by molar-refractivity contribution is -0.145. The van der Waals surface area contributed by atoms with Crippen molar-refractivity contribution in [1.29, 1.82) is 0 Å². The maximum Gasteiger partial charge on any atom is 0.347 e. The number of anilines is 1. The molecular formula is C10H10FNO3. The molecular weight excluding hydrogens is 201 g/mol. The number of carboxylic acids is 1. The van der Waals surface area contributed by atoms with Crippen molar-refractivity contribution in [3.8, 4) is 5.75 Å². The molecule has 80 valence electrons. The SMILES string of the molecule is CC1Nc2c(F)cccc2OC1C(=O)O. The number of benzene rings is 1. The molecule has 0 aliphatic carbocycles. The van der Waals surface area contributed by atoms with Crippen LogP contribution in [-0.2, 0) is 4.79 Å². The van der Waals surface area contributed by atoms with E-state index in [1.807, 2.05) is 0 Å². The fourth-order valence-electron chi connectivity index (χ4n) is 1.55.